The molecular formula is C12H19ClN2O. The fourth-order valence-electron chi connectivity index (χ4n) is 1.21. The van der Waals surface area contributed by atoms with Crippen molar-refractivity contribution in [3.8, 4) is 0 Å². The van der Waals surface area contributed by atoms with Gasteiger partial charge in [-0.1, -0.05) is 36.8 Å². The van der Waals surface area contributed by atoms with Gasteiger partial charge in [0.1, 0.15) is 0 Å². The molecule has 0 heterocycles. The number of hydrogen-bond donors (Lipinski definition) is 2. The number of nitrogens with one attached hydrogen (secondary N) is 1. The number of carbonyl (C=O) groups is 1. The van der Waals surface area contributed by atoms with Crippen LogP contribution in [0.2, 0.25) is 0 Å². The predicted molar refractivity (Wildman–Crippen MR) is 68.5 cm³/mol. The number of amides is 1. The first-order valence-corrected chi connectivity index (χ1v) is 5.22. The Labute approximate surface area is 103 Å². The molecule has 0 radical (unpaired) electrons. The fourth-order valence-corrected chi connectivity index (χ4v) is 1.21. The van der Waals surface area contributed by atoms with Crippen LogP contribution in [-0.4, -0.2) is 11.9 Å². The molecule has 0 aliphatic heterocycles. The number of hydrogen-bond acceptors (Lipinski definition) is 2. The van der Waals surface area contributed by atoms with Gasteiger partial charge in [-0.2, -0.15) is 0 Å². The van der Waals surface area contributed by atoms with Crippen LogP contribution in [0.1, 0.15) is 24.5 Å². The molecule has 0 spiro atoms. The van der Waals surface area contributed by atoms with Crippen molar-refractivity contribution < 1.29 is 4.79 Å². The summed E-state index contributed by atoms with van der Waals surface area (Å²) in [6.07, 6.45) is 0.666. The summed E-state index contributed by atoms with van der Waals surface area (Å²) in [5.41, 5.74) is 7.91. The zero-order valence-corrected chi connectivity index (χ0v) is 10.5. The SMILES string of the molecule is CC[C@H](N)C(=O)NCc1ccc(C)cc1.Cl. The summed E-state index contributed by atoms with van der Waals surface area (Å²) in [5.74, 6) is -0.0851. The molecule has 1 aromatic rings. The van der Waals surface area contributed by atoms with Gasteiger partial charge in [-0.15, -0.1) is 12.4 Å². The molecule has 0 bridgehead atoms. The summed E-state index contributed by atoms with van der Waals surface area (Å²) < 4.78 is 0. The van der Waals surface area contributed by atoms with Gasteiger partial charge in [-0.05, 0) is 18.9 Å². The second-order valence-corrected chi connectivity index (χ2v) is 3.72. The largest absolute Gasteiger partial charge is 0.351 e. The third-order valence-corrected chi connectivity index (χ3v) is 2.36. The molecule has 4 heteroatoms. The Bertz CT molecular complexity index is 324. The summed E-state index contributed by atoms with van der Waals surface area (Å²) in [6, 6.07) is 7.68. The molecule has 0 aliphatic carbocycles. The Morgan fingerprint density at radius 1 is 1.38 bits per heavy atom. The summed E-state index contributed by atoms with van der Waals surface area (Å²) in [6.45, 7) is 4.48. The smallest absolute Gasteiger partial charge is 0.237 e. The van der Waals surface area contributed by atoms with Crippen LogP contribution in [0.5, 0.6) is 0 Å². The fraction of sp³-hybridized carbons (Fsp3) is 0.417. The van der Waals surface area contributed by atoms with Crippen LogP contribution >= 0.6 is 12.4 Å². The van der Waals surface area contributed by atoms with Crippen molar-refractivity contribution in [3.63, 3.8) is 0 Å². The quantitative estimate of drug-likeness (QED) is 0.846. The predicted octanol–water partition coefficient (Wildman–Crippen LogP) is 1.77. The van der Waals surface area contributed by atoms with E-state index in [2.05, 4.69) is 5.32 Å². The number of carbonyl (C=O) groups excluding carboxylic acids is 1. The highest BCUT2D eigenvalue weighted by molar-refractivity contribution is 5.85. The van der Waals surface area contributed by atoms with Crippen molar-refractivity contribution in [1.82, 2.24) is 5.32 Å². The van der Waals surface area contributed by atoms with Crippen LogP contribution in [-0.2, 0) is 11.3 Å². The van der Waals surface area contributed by atoms with Crippen molar-refractivity contribution in [2.75, 3.05) is 0 Å². The molecule has 0 aromatic heterocycles. The van der Waals surface area contributed by atoms with Crippen molar-refractivity contribution in [3.05, 3.63) is 35.4 Å². The minimum Gasteiger partial charge on any atom is -0.351 e. The third-order valence-electron chi connectivity index (χ3n) is 2.36. The van der Waals surface area contributed by atoms with Gasteiger partial charge in [-0.25, -0.2) is 0 Å². The number of halogens is 1. The van der Waals surface area contributed by atoms with E-state index >= 15 is 0 Å². The van der Waals surface area contributed by atoms with Gasteiger partial charge in [-0.3, -0.25) is 4.79 Å². The Hall–Kier alpha value is -1.06. The topological polar surface area (TPSA) is 55.1 Å². The standard InChI is InChI=1S/C12H18N2O.ClH/c1-3-11(13)12(15)14-8-10-6-4-9(2)5-7-10;/h4-7,11H,3,8,13H2,1-2H3,(H,14,15);1H/t11-;/m0./s1. The Morgan fingerprint density at radius 2 is 1.94 bits per heavy atom. The molecule has 0 unspecified atom stereocenters. The van der Waals surface area contributed by atoms with Crippen molar-refractivity contribution in [2.45, 2.75) is 32.9 Å². The molecule has 16 heavy (non-hydrogen) atoms. The van der Waals surface area contributed by atoms with Crippen molar-refractivity contribution in [2.24, 2.45) is 5.73 Å². The Balaban J connectivity index is 0.00000225. The molecule has 1 atom stereocenters. The van der Waals surface area contributed by atoms with E-state index in [0.29, 0.717) is 13.0 Å². The summed E-state index contributed by atoms with van der Waals surface area (Å²) in [4.78, 5) is 11.4. The Kier molecular flexibility index (Phi) is 6.77. The molecule has 3 nitrogen and oxygen atoms in total. The van der Waals surface area contributed by atoms with Crippen LogP contribution < -0.4 is 11.1 Å². The van der Waals surface area contributed by atoms with E-state index in [4.69, 9.17) is 5.73 Å². The second kappa shape index (κ2) is 7.25. The molecule has 3 N–H and O–H groups in total. The molecule has 1 rings (SSSR count). The van der Waals surface area contributed by atoms with Gasteiger partial charge in [0.15, 0.2) is 0 Å². The maximum absolute atomic E-state index is 11.4. The van der Waals surface area contributed by atoms with Crippen LogP contribution in [0, 0.1) is 6.92 Å². The first-order chi connectivity index (χ1) is 7.13. The molecular weight excluding hydrogens is 224 g/mol. The molecule has 1 aromatic carbocycles. The monoisotopic (exact) mass is 242 g/mol. The van der Waals surface area contributed by atoms with Crippen LogP contribution in [0.25, 0.3) is 0 Å². The number of benzene rings is 1. The molecule has 0 saturated carbocycles. The third kappa shape index (κ3) is 4.64. The van der Waals surface area contributed by atoms with Crippen molar-refractivity contribution in [1.29, 1.82) is 0 Å². The van der Waals surface area contributed by atoms with Gasteiger partial charge >= 0.3 is 0 Å². The maximum atomic E-state index is 11.4. The summed E-state index contributed by atoms with van der Waals surface area (Å²) in [7, 11) is 0. The minimum atomic E-state index is -0.393. The maximum Gasteiger partial charge on any atom is 0.237 e. The summed E-state index contributed by atoms with van der Waals surface area (Å²) in [5, 5.41) is 2.81. The zero-order valence-electron chi connectivity index (χ0n) is 9.69. The van der Waals surface area contributed by atoms with E-state index in [1.165, 1.54) is 5.56 Å². The normalized spacial score (nSPS) is 11.4. The first-order valence-electron chi connectivity index (χ1n) is 5.22. The lowest BCUT2D eigenvalue weighted by molar-refractivity contribution is -0.122. The van der Waals surface area contributed by atoms with E-state index in [1.54, 1.807) is 0 Å². The average Bonchev–Trinajstić information content (AvgIpc) is 2.26. The van der Waals surface area contributed by atoms with Gasteiger partial charge in [0.25, 0.3) is 0 Å². The van der Waals surface area contributed by atoms with E-state index in [-0.39, 0.29) is 18.3 Å². The van der Waals surface area contributed by atoms with Gasteiger partial charge in [0.2, 0.25) is 5.91 Å². The van der Waals surface area contributed by atoms with Gasteiger partial charge in [0, 0.05) is 6.54 Å². The minimum absolute atomic E-state index is 0. The number of aryl methyl sites for hydroxylation is 1. The van der Waals surface area contributed by atoms with Gasteiger partial charge < -0.3 is 11.1 Å². The molecule has 0 saturated heterocycles. The Morgan fingerprint density at radius 3 is 2.44 bits per heavy atom. The molecule has 0 aliphatic rings. The molecule has 0 fully saturated rings. The van der Waals surface area contributed by atoms with E-state index in [1.807, 2.05) is 38.1 Å². The van der Waals surface area contributed by atoms with E-state index in [9.17, 15) is 4.79 Å². The first kappa shape index (κ1) is 14.9. The molecule has 90 valence electrons. The highest BCUT2D eigenvalue weighted by Gasteiger charge is 2.09. The lowest BCUT2D eigenvalue weighted by Gasteiger charge is -2.09. The summed E-state index contributed by atoms with van der Waals surface area (Å²) >= 11 is 0. The highest BCUT2D eigenvalue weighted by Crippen LogP contribution is 2.02. The number of nitrogens with two attached hydrogens (primary N) is 1. The molecule has 1 amide bonds. The highest BCUT2D eigenvalue weighted by atomic mass is 35.5. The lowest BCUT2D eigenvalue weighted by Crippen LogP contribution is -2.39. The van der Waals surface area contributed by atoms with Crippen LogP contribution in [0.4, 0.5) is 0 Å². The van der Waals surface area contributed by atoms with Gasteiger partial charge in [0.05, 0.1) is 6.04 Å². The van der Waals surface area contributed by atoms with Crippen LogP contribution in [0.3, 0.4) is 0 Å². The van der Waals surface area contributed by atoms with E-state index in [0.717, 1.165) is 5.56 Å². The lowest BCUT2D eigenvalue weighted by atomic mass is 10.1. The van der Waals surface area contributed by atoms with Crippen molar-refractivity contribution >= 4 is 18.3 Å². The zero-order chi connectivity index (χ0) is 11.3. The van der Waals surface area contributed by atoms with Crippen LogP contribution in [0.15, 0.2) is 24.3 Å². The number of rotatable bonds is 4. The average molecular weight is 243 g/mol. The van der Waals surface area contributed by atoms with E-state index < -0.39 is 6.04 Å². The second-order valence-electron chi connectivity index (χ2n) is 3.72.